The first kappa shape index (κ1) is 13.4. The molecule has 1 aromatic carbocycles. The Kier molecular flexibility index (Phi) is 3.76. The van der Waals surface area contributed by atoms with Crippen LogP contribution in [0.5, 0.6) is 0 Å². The highest BCUT2D eigenvalue weighted by atomic mass is 35.5. The number of nitrogens with zero attached hydrogens (tertiary/aromatic N) is 1. The molecule has 0 spiro atoms. The highest BCUT2D eigenvalue weighted by Crippen LogP contribution is 2.21. The highest BCUT2D eigenvalue weighted by Gasteiger charge is 2.14. The maximum atomic E-state index is 13.0. The summed E-state index contributed by atoms with van der Waals surface area (Å²) in [5.74, 6) is -0.899. The van der Waals surface area contributed by atoms with Crippen molar-refractivity contribution in [1.29, 1.82) is 0 Å². The van der Waals surface area contributed by atoms with Crippen LogP contribution < -0.4 is 5.73 Å². The molecule has 0 radical (unpaired) electrons. The maximum absolute atomic E-state index is 13.0. The first-order valence-electron chi connectivity index (χ1n) is 5.49. The van der Waals surface area contributed by atoms with E-state index in [4.69, 9.17) is 17.3 Å². The molecular formula is C13H12ClFN2O2. The zero-order valence-corrected chi connectivity index (χ0v) is 10.9. The number of nitrogens with two attached hydrogens (primary N) is 1. The van der Waals surface area contributed by atoms with Gasteiger partial charge in [0.05, 0.1) is 12.8 Å². The molecule has 100 valence electrons. The normalized spacial score (nSPS) is 10.5. The van der Waals surface area contributed by atoms with Crippen LogP contribution in [0.1, 0.15) is 16.1 Å². The summed E-state index contributed by atoms with van der Waals surface area (Å²) < 4.78 is 19.2. The van der Waals surface area contributed by atoms with Crippen molar-refractivity contribution in [3.05, 3.63) is 52.6 Å². The zero-order chi connectivity index (χ0) is 14.0. The molecule has 0 unspecified atom stereocenters. The summed E-state index contributed by atoms with van der Waals surface area (Å²) in [4.78, 5) is 11.6. The van der Waals surface area contributed by atoms with Gasteiger partial charge in [-0.05, 0) is 23.8 Å². The van der Waals surface area contributed by atoms with E-state index in [9.17, 15) is 9.18 Å². The van der Waals surface area contributed by atoms with Crippen molar-refractivity contribution in [1.82, 2.24) is 4.57 Å². The first-order valence-corrected chi connectivity index (χ1v) is 5.87. The van der Waals surface area contributed by atoms with Crippen molar-refractivity contribution in [3.63, 3.8) is 0 Å². The van der Waals surface area contributed by atoms with Crippen molar-refractivity contribution >= 4 is 23.3 Å². The Hall–Kier alpha value is -2.01. The number of halogens is 2. The summed E-state index contributed by atoms with van der Waals surface area (Å²) in [5, 5.41) is 0.295. The Morgan fingerprint density at radius 2 is 2.21 bits per heavy atom. The molecule has 0 fully saturated rings. The van der Waals surface area contributed by atoms with Crippen molar-refractivity contribution < 1.29 is 13.9 Å². The molecule has 6 heteroatoms. The summed E-state index contributed by atoms with van der Waals surface area (Å²) in [6.07, 6.45) is 1.60. The Balaban J connectivity index is 2.35. The van der Waals surface area contributed by atoms with Crippen molar-refractivity contribution in [2.24, 2.45) is 0 Å². The fourth-order valence-electron chi connectivity index (χ4n) is 1.77. The number of anilines is 1. The topological polar surface area (TPSA) is 57.2 Å². The number of ether oxygens (including phenoxy) is 1. The van der Waals surface area contributed by atoms with Gasteiger partial charge in [-0.3, -0.25) is 0 Å². The number of carbonyl (C=O) groups is 1. The molecule has 0 saturated heterocycles. The van der Waals surface area contributed by atoms with Gasteiger partial charge in [-0.25, -0.2) is 9.18 Å². The van der Waals surface area contributed by atoms with E-state index in [1.807, 2.05) is 0 Å². The molecule has 0 saturated carbocycles. The van der Waals surface area contributed by atoms with Crippen LogP contribution in [0.15, 0.2) is 30.5 Å². The van der Waals surface area contributed by atoms with Crippen LogP contribution in [0.25, 0.3) is 0 Å². The number of methoxy groups -OCH3 is 1. The Labute approximate surface area is 114 Å². The van der Waals surface area contributed by atoms with Crippen LogP contribution in [0.2, 0.25) is 5.02 Å². The average Bonchev–Trinajstić information content (AvgIpc) is 2.73. The van der Waals surface area contributed by atoms with Crippen LogP contribution in [0.4, 0.5) is 10.1 Å². The molecule has 2 rings (SSSR count). The summed E-state index contributed by atoms with van der Waals surface area (Å²) in [5.41, 5.74) is 7.11. The van der Waals surface area contributed by atoms with Crippen LogP contribution >= 0.6 is 11.6 Å². The highest BCUT2D eigenvalue weighted by molar-refractivity contribution is 6.31. The van der Waals surface area contributed by atoms with Gasteiger partial charge in [0.1, 0.15) is 11.5 Å². The summed E-state index contributed by atoms with van der Waals surface area (Å²) in [6.45, 7) is 0.306. The van der Waals surface area contributed by atoms with E-state index in [1.165, 1.54) is 25.3 Å². The van der Waals surface area contributed by atoms with Gasteiger partial charge in [0.2, 0.25) is 0 Å². The number of hydrogen-bond donors (Lipinski definition) is 1. The molecule has 0 aliphatic rings. The molecule has 0 amide bonds. The van der Waals surface area contributed by atoms with Gasteiger partial charge in [-0.1, -0.05) is 17.7 Å². The lowest BCUT2D eigenvalue weighted by atomic mass is 10.2. The molecule has 4 nitrogen and oxygen atoms in total. The van der Waals surface area contributed by atoms with Crippen molar-refractivity contribution in [2.75, 3.05) is 12.8 Å². The van der Waals surface area contributed by atoms with Crippen LogP contribution in [-0.4, -0.2) is 17.6 Å². The molecule has 0 atom stereocenters. The van der Waals surface area contributed by atoms with Gasteiger partial charge in [0, 0.05) is 17.8 Å². The van der Waals surface area contributed by atoms with Gasteiger partial charge < -0.3 is 15.0 Å². The van der Waals surface area contributed by atoms with Gasteiger partial charge in [-0.15, -0.1) is 0 Å². The SMILES string of the molecule is COC(=O)c1cc(N)cn1Cc1ccc(F)cc1Cl. The van der Waals surface area contributed by atoms with Crippen LogP contribution in [0, 0.1) is 5.82 Å². The molecule has 2 N–H and O–H groups in total. The maximum Gasteiger partial charge on any atom is 0.354 e. The number of esters is 1. The molecule has 0 aliphatic heterocycles. The Morgan fingerprint density at radius 1 is 1.47 bits per heavy atom. The minimum atomic E-state index is -0.491. The van der Waals surface area contributed by atoms with E-state index >= 15 is 0 Å². The van der Waals surface area contributed by atoms with Crippen molar-refractivity contribution in [2.45, 2.75) is 6.54 Å². The van der Waals surface area contributed by atoms with Gasteiger partial charge in [0.25, 0.3) is 0 Å². The lowest BCUT2D eigenvalue weighted by Gasteiger charge is -2.09. The lowest BCUT2D eigenvalue weighted by Crippen LogP contribution is -2.10. The number of benzene rings is 1. The molecule has 2 aromatic rings. The van der Waals surface area contributed by atoms with Crippen LogP contribution in [-0.2, 0) is 11.3 Å². The van der Waals surface area contributed by atoms with E-state index in [1.54, 1.807) is 16.8 Å². The smallest absolute Gasteiger partial charge is 0.354 e. The number of nitrogen functional groups attached to an aromatic ring is 1. The number of aromatic nitrogens is 1. The monoisotopic (exact) mass is 282 g/mol. The van der Waals surface area contributed by atoms with E-state index < -0.39 is 11.8 Å². The first-order chi connectivity index (χ1) is 9.01. The number of hydrogen-bond acceptors (Lipinski definition) is 3. The predicted molar refractivity (Wildman–Crippen MR) is 70.7 cm³/mol. The van der Waals surface area contributed by atoms with E-state index in [-0.39, 0.29) is 0 Å². The zero-order valence-electron chi connectivity index (χ0n) is 10.2. The van der Waals surface area contributed by atoms with Gasteiger partial charge >= 0.3 is 5.97 Å². The standard InChI is InChI=1S/C13H12ClFN2O2/c1-19-13(18)12-5-10(16)7-17(12)6-8-2-3-9(15)4-11(8)14/h2-5,7H,6,16H2,1H3. The molecule has 19 heavy (non-hydrogen) atoms. The van der Waals surface area contributed by atoms with Crippen LogP contribution in [0.3, 0.4) is 0 Å². The fourth-order valence-corrected chi connectivity index (χ4v) is 2.00. The van der Waals surface area contributed by atoms with Gasteiger partial charge in [-0.2, -0.15) is 0 Å². The van der Waals surface area contributed by atoms with E-state index in [0.717, 1.165) is 0 Å². The fraction of sp³-hybridized carbons (Fsp3) is 0.154. The second kappa shape index (κ2) is 5.32. The second-order valence-corrected chi connectivity index (χ2v) is 4.42. The average molecular weight is 283 g/mol. The molecule has 1 heterocycles. The largest absolute Gasteiger partial charge is 0.464 e. The Morgan fingerprint density at radius 3 is 2.84 bits per heavy atom. The third-order valence-electron chi connectivity index (χ3n) is 2.67. The van der Waals surface area contributed by atoms with Gasteiger partial charge in [0.15, 0.2) is 0 Å². The second-order valence-electron chi connectivity index (χ2n) is 4.01. The number of rotatable bonds is 3. The summed E-state index contributed by atoms with van der Waals surface area (Å²) in [6, 6.07) is 5.62. The quantitative estimate of drug-likeness (QED) is 0.881. The summed E-state index contributed by atoms with van der Waals surface area (Å²) in [7, 11) is 1.29. The minimum absolute atomic E-state index is 0.295. The number of carbonyl (C=O) groups excluding carboxylic acids is 1. The van der Waals surface area contributed by atoms with E-state index in [0.29, 0.717) is 28.5 Å². The molecule has 0 aliphatic carbocycles. The molecule has 0 bridgehead atoms. The Bertz CT molecular complexity index is 625. The third kappa shape index (κ3) is 2.88. The molecule has 1 aromatic heterocycles. The summed E-state index contributed by atoms with van der Waals surface area (Å²) >= 11 is 5.95. The third-order valence-corrected chi connectivity index (χ3v) is 3.02. The van der Waals surface area contributed by atoms with E-state index in [2.05, 4.69) is 4.74 Å². The molecular weight excluding hydrogens is 271 g/mol. The van der Waals surface area contributed by atoms with Crippen molar-refractivity contribution in [3.8, 4) is 0 Å². The lowest BCUT2D eigenvalue weighted by molar-refractivity contribution is 0.0589. The minimum Gasteiger partial charge on any atom is -0.464 e. The predicted octanol–water partition coefficient (Wildman–Crippen LogP) is 2.70.